The fourth-order valence-corrected chi connectivity index (χ4v) is 10.4. The molecule has 4 heteroatoms. The lowest BCUT2D eigenvalue weighted by Crippen LogP contribution is -2.49. The Morgan fingerprint density at radius 3 is 2.31 bits per heavy atom. The lowest BCUT2D eigenvalue weighted by molar-refractivity contribution is -0.0867. The van der Waals surface area contributed by atoms with Gasteiger partial charge < -0.3 is 13.9 Å². The van der Waals surface area contributed by atoms with Gasteiger partial charge in [0.15, 0.2) is 8.32 Å². The van der Waals surface area contributed by atoms with Crippen molar-refractivity contribution in [1.82, 2.24) is 0 Å². The molecule has 0 spiro atoms. The van der Waals surface area contributed by atoms with E-state index in [1.807, 2.05) is 0 Å². The number of fused-ring (bicyclic) bond motifs is 5. The summed E-state index contributed by atoms with van der Waals surface area (Å²) in [5, 5.41) is 0.253. The van der Waals surface area contributed by atoms with E-state index >= 15 is 0 Å². The Bertz CT molecular complexity index is 913. The van der Waals surface area contributed by atoms with Crippen molar-refractivity contribution in [2.45, 2.75) is 144 Å². The second-order valence-corrected chi connectivity index (χ2v) is 21.1. The minimum absolute atomic E-state index is 0.253. The van der Waals surface area contributed by atoms with E-state index in [0.717, 1.165) is 30.6 Å². The summed E-state index contributed by atoms with van der Waals surface area (Å²) in [5.41, 5.74) is 4.14. The zero-order valence-corrected chi connectivity index (χ0v) is 28.5. The SMILES string of the molecule is COCO[C@H]1CC[C@@]2(C)C(=CC=C3[C@@H]4CC[C@H]([C@H](C)[C@@H](CCC(C)C)O[Si](C)(C)C(C)(C)C)[C@@]4(C)CC[C@@H]32)C1. The molecule has 0 N–H and O–H groups in total. The molecule has 0 amide bonds. The molecule has 39 heavy (non-hydrogen) atoms. The average Bonchev–Trinajstić information content (AvgIpc) is 3.21. The first-order valence-corrected chi connectivity index (χ1v) is 19.2. The van der Waals surface area contributed by atoms with Crippen LogP contribution in [0.4, 0.5) is 0 Å². The highest BCUT2D eigenvalue weighted by Crippen LogP contribution is 2.66. The molecule has 4 aliphatic rings. The van der Waals surface area contributed by atoms with Gasteiger partial charge in [0.2, 0.25) is 0 Å². The molecule has 0 aliphatic heterocycles. The van der Waals surface area contributed by atoms with Crippen LogP contribution in [0.15, 0.2) is 23.3 Å². The topological polar surface area (TPSA) is 27.7 Å². The number of hydrogen-bond donors (Lipinski definition) is 0. The standard InChI is InChI=1S/C35H62O3Si/c1-24(2)12-17-32(38-39(10,11)33(4,5)6)25(3)29-15-16-30-28-14-13-26-22-27(37-23-36-9)18-20-34(26,7)31(28)19-21-35(29,30)8/h13-14,24-25,27,29-32H,12,15-23H2,1-11H3/t25-,27-,29+,30-,31-,32+,34-,35+/m0/s1. The maximum atomic E-state index is 7.28. The van der Waals surface area contributed by atoms with Gasteiger partial charge in [0, 0.05) is 13.2 Å². The Morgan fingerprint density at radius 2 is 1.67 bits per heavy atom. The molecule has 0 unspecified atom stereocenters. The van der Waals surface area contributed by atoms with Gasteiger partial charge in [-0.1, -0.05) is 78.7 Å². The highest BCUT2D eigenvalue weighted by Gasteiger charge is 2.58. The van der Waals surface area contributed by atoms with Crippen LogP contribution in [0.25, 0.3) is 0 Å². The van der Waals surface area contributed by atoms with Crippen molar-refractivity contribution in [3.8, 4) is 0 Å². The predicted molar refractivity (Wildman–Crippen MR) is 167 cm³/mol. The zero-order valence-electron chi connectivity index (χ0n) is 27.5. The van der Waals surface area contributed by atoms with E-state index in [9.17, 15) is 0 Å². The lowest BCUT2D eigenvalue weighted by Gasteiger charge is -2.55. The van der Waals surface area contributed by atoms with Gasteiger partial charge in [0.1, 0.15) is 6.79 Å². The number of ether oxygens (including phenoxy) is 2. The first-order chi connectivity index (χ1) is 18.1. The van der Waals surface area contributed by atoms with E-state index in [1.165, 1.54) is 44.9 Å². The molecule has 3 nitrogen and oxygen atoms in total. The molecule has 0 aromatic carbocycles. The maximum Gasteiger partial charge on any atom is 0.192 e. The van der Waals surface area contributed by atoms with Crippen LogP contribution in [0.2, 0.25) is 18.1 Å². The van der Waals surface area contributed by atoms with Crippen LogP contribution < -0.4 is 0 Å². The summed E-state index contributed by atoms with van der Waals surface area (Å²) < 4.78 is 18.5. The third-order valence-electron chi connectivity index (χ3n) is 12.5. The summed E-state index contributed by atoms with van der Waals surface area (Å²) in [6.07, 6.45) is 17.2. The normalized spacial score (nSPS) is 36.5. The van der Waals surface area contributed by atoms with Gasteiger partial charge in [-0.3, -0.25) is 0 Å². The van der Waals surface area contributed by atoms with Crippen molar-refractivity contribution in [2.75, 3.05) is 13.9 Å². The van der Waals surface area contributed by atoms with E-state index in [0.29, 0.717) is 41.7 Å². The summed E-state index contributed by atoms with van der Waals surface area (Å²) in [5.74, 6) is 3.55. The Kier molecular flexibility index (Phi) is 9.45. The van der Waals surface area contributed by atoms with Crippen LogP contribution in [0.1, 0.15) is 113 Å². The third kappa shape index (κ3) is 6.06. The van der Waals surface area contributed by atoms with Crippen molar-refractivity contribution >= 4 is 8.32 Å². The molecule has 8 atom stereocenters. The van der Waals surface area contributed by atoms with E-state index in [1.54, 1.807) is 18.3 Å². The Balaban J connectivity index is 1.56. The van der Waals surface area contributed by atoms with Crippen LogP contribution >= 0.6 is 0 Å². The quantitative estimate of drug-likeness (QED) is 0.197. The van der Waals surface area contributed by atoms with Gasteiger partial charge in [-0.15, -0.1) is 0 Å². The van der Waals surface area contributed by atoms with Crippen LogP contribution in [0.3, 0.4) is 0 Å². The molecular weight excluding hydrogens is 496 g/mol. The number of allylic oxidation sites excluding steroid dienone is 3. The second kappa shape index (κ2) is 11.7. The minimum Gasteiger partial charge on any atom is -0.414 e. The lowest BCUT2D eigenvalue weighted by atomic mass is 9.50. The van der Waals surface area contributed by atoms with Crippen LogP contribution in [-0.4, -0.2) is 34.4 Å². The molecule has 0 aromatic heterocycles. The summed E-state index contributed by atoms with van der Waals surface area (Å²) in [4.78, 5) is 0. The molecule has 224 valence electrons. The van der Waals surface area contributed by atoms with Crippen LogP contribution in [0.5, 0.6) is 0 Å². The summed E-state index contributed by atoms with van der Waals surface area (Å²) in [7, 11) is -0.106. The third-order valence-corrected chi connectivity index (χ3v) is 17.0. The molecule has 0 saturated heterocycles. The molecule has 0 bridgehead atoms. The second-order valence-electron chi connectivity index (χ2n) is 16.3. The fraction of sp³-hybridized carbons (Fsp3) is 0.886. The summed E-state index contributed by atoms with van der Waals surface area (Å²) in [6.45, 7) is 25.1. The first kappa shape index (κ1) is 31.5. The summed E-state index contributed by atoms with van der Waals surface area (Å²) in [6, 6.07) is 0. The average molecular weight is 559 g/mol. The number of methoxy groups -OCH3 is 1. The largest absolute Gasteiger partial charge is 0.414 e. The Labute approximate surface area is 243 Å². The van der Waals surface area contributed by atoms with E-state index in [2.05, 4.69) is 80.6 Å². The molecule has 4 rings (SSSR count). The molecule has 0 aromatic rings. The molecule has 0 radical (unpaired) electrons. The van der Waals surface area contributed by atoms with Gasteiger partial charge in [-0.25, -0.2) is 0 Å². The number of hydrogen-bond acceptors (Lipinski definition) is 3. The van der Waals surface area contributed by atoms with Crippen molar-refractivity contribution in [3.63, 3.8) is 0 Å². The van der Waals surface area contributed by atoms with Crippen LogP contribution in [-0.2, 0) is 13.9 Å². The first-order valence-electron chi connectivity index (χ1n) is 16.3. The van der Waals surface area contributed by atoms with Gasteiger partial charge in [0.25, 0.3) is 0 Å². The molecular formula is C35H62O3Si. The van der Waals surface area contributed by atoms with E-state index in [-0.39, 0.29) is 5.04 Å². The minimum atomic E-state index is -1.83. The van der Waals surface area contributed by atoms with E-state index < -0.39 is 8.32 Å². The molecule has 3 saturated carbocycles. The van der Waals surface area contributed by atoms with Crippen molar-refractivity contribution in [1.29, 1.82) is 0 Å². The van der Waals surface area contributed by atoms with Gasteiger partial charge in [-0.05, 0) is 116 Å². The smallest absolute Gasteiger partial charge is 0.192 e. The van der Waals surface area contributed by atoms with Gasteiger partial charge in [-0.2, -0.15) is 0 Å². The van der Waals surface area contributed by atoms with E-state index in [4.69, 9.17) is 13.9 Å². The Morgan fingerprint density at radius 1 is 0.949 bits per heavy atom. The maximum absolute atomic E-state index is 7.28. The highest BCUT2D eigenvalue weighted by molar-refractivity contribution is 6.74. The van der Waals surface area contributed by atoms with Gasteiger partial charge in [0.05, 0.1) is 6.10 Å². The molecule has 3 fully saturated rings. The van der Waals surface area contributed by atoms with Crippen molar-refractivity contribution in [3.05, 3.63) is 23.3 Å². The van der Waals surface area contributed by atoms with Crippen molar-refractivity contribution < 1.29 is 13.9 Å². The molecule has 4 aliphatic carbocycles. The highest BCUT2D eigenvalue weighted by atomic mass is 28.4. The fourth-order valence-electron chi connectivity index (χ4n) is 8.92. The monoisotopic (exact) mass is 558 g/mol. The zero-order chi connectivity index (χ0) is 28.8. The van der Waals surface area contributed by atoms with Gasteiger partial charge >= 0.3 is 0 Å². The number of rotatable bonds is 10. The van der Waals surface area contributed by atoms with Crippen molar-refractivity contribution in [2.24, 2.45) is 40.4 Å². The van der Waals surface area contributed by atoms with Crippen LogP contribution in [0, 0.1) is 40.4 Å². The Hall–Kier alpha value is -0.423. The molecule has 0 heterocycles. The predicted octanol–water partition coefficient (Wildman–Crippen LogP) is 9.94. The summed E-state index contributed by atoms with van der Waals surface area (Å²) >= 11 is 0.